The predicted molar refractivity (Wildman–Crippen MR) is 92.9 cm³/mol. The fourth-order valence-corrected chi connectivity index (χ4v) is 7.71. The van der Waals surface area contributed by atoms with Gasteiger partial charge in [0, 0.05) is 12.1 Å². The van der Waals surface area contributed by atoms with Gasteiger partial charge in [-0.2, -0.15) is 0 Å². The molecule has 5 aliphatic carbocycles. The fraction of sp³-hybridized carbons (Fsp3) is 0.950. The summed E-state index contributed by atoms with van der Waals surface area (Å²) in [5.74, 6) is 1.11. The number of carbonyl (C=O) groups excluding carboxylic acids is 1. The van der Waals surface area contributed by atoms with Gasteiger partial charge in [-0.1, -0.05) is 33.1 Å². The highest BCUT2D eigenvalue weighted by Crippen LogP contribution is 2.66. The van der Waals surface area contributed by atoms with Crippen molar-refractivity contribution in [3.63, 3.8) is 0 Å². The van der Waals surface area contributed by atoms with Crippen LogP contribution in [0.15, 0.2) is 0 Å². The minimum Gasteiger partial charge on any atom is -0.350 e. The quantitative estimate of drug-likeness (QED) is 0.832. The highest BCUT2D eigenvalue weighted by Gasteiger charge is 2.61. The Hall–Kier alpha value is -0.570. The van der Waals surface area contributed by atoms with Crippen LogP contribution in [0.3, 0.4) is 0 Å². The highest BCUT2D eigenvalue weighted by atomic mass is 16.2. The minimum atomic E-state index is -0.274. The lowest BCUT2D eigenvalue weighted by molar-refractivity contribution is -0.148. The predicted octanol–water partition coefficient (Wildman–Crippen LogP) is 3.76. The molecule has 23 heavy (non-hydrogen) atoms. The number of amides is 1. The Bertz CT molecular complexity index is 490. The van der Waals surface area contributed by atoms with Crippen LogP contribution in [0, 0.1) is 22.2 Å². The van der Waals surface area contributed by atoms with Crippen LogP contribution in [0.4, 0.5) is 0 Å². The summed E-state index contributed by atoms with van der Waals surface area (Å²) in [5, 5.41) is 3.62. The SMILES string of the molecule is CC12CC3CC(C)(C1)CC(NC(=O)C1(CN)CCCCC1)(C3)C2. The monoisotopic (exact) mass is 318 g/mol. The van der Waals surface area contributed by atoms with Gasteiger partial charge in [-0.3, -0.25) is 4.79 Å². The average molecular weight is 319 g/mol. The molecule has 2 unspecified atom stereocenters. The lowest BCUT2D eigenvalue weighted by Gasteiger charge is -2.65. The molecule has 0 aromatic carbocycles. The number of hydrogen-bond donors (Lipinski definition) is 2. The Balaban J connectivity index is 1.57. The molecule has 130 valence electrons. The Labute approximate surface area is 141 Å². The molecule has 5 rings (SSSR count). The Morgan fingerprint density at radius 1 is 1.00 bits per heavy atom. The summed E-state index contributed by atoms with van der Waals surface area (Å²) in [6, 6.07) is 0. The molecule has 5 saturated carbocycles. The van der Waals surface area contributed by atoms with Crippen molar-refractivity contribution in [2.45, 2.75) is 90.0 Å². The van der Waals surface area contributed by atoms with Gasteiger partial charge in [0.25, 0.3) is 0 Å². The zero-order valence-corrected chi connectivity index (χ0v) is 15.0. The highest BCUT2D eigenvalue weighted by molar-refractivity contribution is 5.83. The van der Waals surface area contributed by atoms with E-state index in [1.165, 1.54) is 44.9 Å². The van der Waals surface area contributed by atoms with E-state index in [4.69, 9.17) is 5.73 Å². The molecule has 0 heterocycles. The fourth-order valence-electron chi connectivity index (χ4n) is 7.71. The molecule has 0 spiro atoms. The normalized spacial score (nSPS) is 47.5. The van der Waals surface area contributed by atoms with Crippen molar-refractivity contribution >= 4 is 5.91 Å². The summed E-state index contributed by atoms with van der Waals surface area (Å²) in [6.07, 6.45) is 13.3. The first kappa shape index (κ1) is 15.9. The van der Waals surface area contributed by atoms with Crippen LogP contribution in [0.5, 0.6) is 0 Å². The Kier molecular flexibility index (Phi) is 3.44. The molecule has 0 saturated heterocycles. The molecule has 5 aliphatic rings. The van der Waals surface area contributed by atoms with Crippen LogP contribution in [-0.2, 0) is 4.79 Å². The van der Waals surface area contributed by atoms with Crippen LogP contribution < -0.4 is 11.1 Å². The molecule has 4 bridgehead atoms. The van der Waals surface area contributed by atoms with Crippen molar-refractivity contribution in [2.75, 3.05) is 6.54 Å². The average Bonchev–Trinajstić information content (AvgIpc) is 2.43. The Morgan fingerprint density at radius 3 is 2.13 bits per heavy atom. The van der Waals surface area contributed by atoms with Crippen molar-refractivity contribution in [1.29, 1.82) is 0 Å². The molecule has 1 amide bonds. The van der Waals surface area contributed by atoms with Crippen molar-refractivity contribution in [3.05, 3.63) is 0 Å². The summed E-state index contributed by atoms with van der Waals surface area (Å²) in [6.45, 7) is 5.46. The summed E-state index contributed by atoms with van der Waals surface area (Å²) in [4.78, 5) is 13.3. The van der Waals surface area contributed by atoms with E-state index in [0.717, 1.165) is 31.6 Å². The van der Waals surface area contributed by atoms with E-state index in [0.29, 0.717) is 17.4 Å². The van der Waals surface area contributed by atoms with Crippen molar-refractivity contribution in [1.82, 2.24) is 5.32 Å². The van der Waals surface area contributed by atoms with Crippen molar-refractivity contribution in [3.8, 4) is 0 Å². The summed E-state index contributed by atoms with van der Waals surface area (Å²) in [7, 11) is 0. The van der Waals surface area contributed by atoms with E-state index in [1.807, 2.05) is 0 Å². The molecule has 3 nitrogen and oxygen atoms in total. The van der Waals surface area contributed by atoms with Crippen LogP contribution in [0.2, 0.25) is 0 Å². The van der Waals surface area contributed by atoms with Gasteiger partial charge < -0.3 is 11.1 Å². The molecule has 0 aliphatic heterocycles. The van der Waals surface area contributed by atoms with E-state index in [1.54, 1.807) is 0 Å². The standard InChI is InChI=1S/C20H34N2O/c1-17-8-15-9-18(2,11-17)13-20(10-15,12-17)22-16(23)19(14-21)6-4-3-5-7-19/h15H,3-14,21H2,1-2H3,(H,22,23). The molecule has 2 atom stereocenters. The molecular formula is C20H34N2O. The first-order valence-electron chi connectivity index (χ1n) is 9.83. The number of carbonyl (C=O) groups is 1. The zero-order chi connectivity index (χ0) is 16.3. The third kappa shape index (κ3) is 2.54. The van der Waals surface area contributed by atoms with Gasteiger partial charge >= 0.3 is 0 Å². The summed E-state index contributed by atoms with van der Waals surface area (Å²) >= 11 is 0. The largest absolute Gasteiger partial charge is 0.350 e. The number of nitrogens with one attached hydrogen (secondary N) is 1. The smallest absolute Gasteiger partial charge is 0.227 e. The van der Waals surface area contributed by atoms with E-state index in [9.17, 15) is 4.79 Å². The van der Waals surface area contributed by atoms with Crippen LogP contribution >= 0.6 is 0 Å². The molecule has 3 heteroatoms. The first-order chi connectivity index (χ1) is 10.8. The number of rotatable bonds is 3. The van der Waals surface area contributed by atoms with E-state index in [-0.39, 0.29) is 16.9 Å². The van der Waals surface area contributed by atoms with Gasteiger partial charge in [0.05, 0.1) is 5.41 Å². The van der Waals surface area contributed by atoms with E-state index < -0.39 is 0 Å². The lowest BCUT2D eigenvalue weighted by atomic mass is 9.42. The van der Waals surface area contributed by atoms with Gasteiger partial charge in [0.1, 0.15) is 0 Å². The summed E-state index contributed by atoms with van der Waals surface area (Å²) in [5.41, 5.74) is 6.79. The van der Waals surface area contributed by atoms with Crippen LogP contribution in [0.25, 0.3) is 0 Å². The molecule has 0 aromatic rings. The molecule has 0 aromatic heterocycles. The van der Waals surface area contributed by atoms with Gasteiger partial charge in [-0.15, -0.1) is 0 Å². The minimum absolute atomic E-state index is 0.0691. The van der Waals surface area contributed by atoms with Gasteiger partial charge in [-0.05, 0) is 68.1 Å². The number of nitrogens with two attached hydrogens (primary N) is 1. The molecular weight excluding hydrogens is 284 g/mol. The van der Waals surface area contributed by atoms with Crippen LogP contribution in [0.1, 0.15) is 84.5 Å². The maximum absolute atomic E-state index is 13.3. The third-order valence-corrected chi connectivity index (χ3v) is 7.69. The maximum Gasteiger partial charge on any atom is 0.227 e. The first-order valence-corrected chi connectivity index (χ1v) is 9.83. The number of hydrogen-bond acceptors (Lipinski definition) is 2. The topological polar surface area (TPSA) is 55.1 Å². The van der Waals surface area contributed by atoms with Crippen LogP contribution in [-0.4, -0.2) is 18.0 Å². The molecule has 0 radical (unpaired) electrons. The summed E-state index contributed by atoms with van der Waals surface area (Å²) < 4.78 is 0. The van der Waals surface area contributed by atoms with Gasteiger partial charge in [-0.25, -0.2) is 0 Å². The second-order valence-corrected chi connectivity index (χ2v) is 10.4. The molecule has 5 fully saturated rings. The van der Waals surface area contributed by atoms with Crippen molar-refractivity contribution in [2.24, 2.45) is 27.9 Å². The lowest BCUT2D eigenvalue weighted by Crippen LogP contribution is -2.67. The van der Waals surface area contributed by atoms with E-state index in [2.05, 4.69) is 19.2 Å². The van der Waals surface area contributed by atoms with Gasteiger partial charge in [0.2, 0.25) is 5.91 Å². The second kappa shape index (κ2) is 4.97. The third-order valence-electron chi connectivity index (χ3n) is 7.69. The zero-order valence-electron chi connectivity index (χ0n) is 15.0. The Morgan fingerprint density at radius 2 is 1.61 bits per heavy atom. The maximum atomic E-state index is 13.3. The molecule has 3 N–H and O–H groups in total. The van der Waals surface area contributed by atoms with Gasteiger partial charge in [0.15, 0.2) is 0 Å². The second-order valence-electron chi connectivity index (χ2n) is 10.4. The van der Waals surface area contributed by atoms with E-state index >= 15 is 0 Å². The van der Waals surface area contributed by atoms with Crippen molar-refractivity contribution < 1.29 is 4.79 Å².